The van der Waals surface area contributed by atoms with Crippen molar-refractivity contribution in [3.05, 3.63) is 35.1 Å². The first-order valence-corrected chi connectivity index (χ1v) is 4.59. The molecule has 0 aliphatic rings. The number of nitrogens with two attached hydrogens (primary N) is 1. The highest BCUT2D eigenvalue weighted by atomic mass is 19.1. The second-order valence-corrected chi connectivity index (χ2v) is 3.65. The number of rotatable bonds is 3. The summed E-state index contributed by atoms with van der Waals surface area (Å²) < 4.78 is 12.9. The molecule has 1 unspecified atom stereocenters. The van der Waals surface area contributed by atoms with E-state index in [1.54, 1.807) is 6.07 Å². The first kappa shape index (κ1) is 10.2. The van der Waals surface area contributed by atoms with Crippen molar-refractivity contribution in [2.75, 3.05) is 0 Å². The summed E-state index contributed by atoms with van der Waals surface area (Å²) in [5.74, 6) is -0.153. The van der Waals surface area contributed by atoms with Gasteiger partial charge < -0.3 is 5.73 Å². The van der Waals surface area contributed by atoms with Crippen LogP contribution >= 0.6 is 0 Å². The number of benzene rings is 1. The Morgan fingerprint density at radius 2 is 2.08 bits per heavy atom. The monoisotopic (exact) mass is 181 g/mol. The van der Waals surface area contributed by atoms with Gasteiger partial charge in [-0.3, -0.25) is 0 Å². The molecule has 0 saturated carbocycles. The molecule has 2 heteroatoms. The van der Waals surface area contributed by atoms with E-state index >= 15 is 0 Å². The zero-order valence-corrected chi connectivity index (χ0v) is 8.18. The highest BCUT2D eigenvalue weighted by molar-refractivity contribution is 5.23. The van der Waals surface area contributed by atoms with Gasteiger partial charge in [-0.2, -0.15) is 0 Å². The third-order valence-electron chi connectivity index (χ3n) is 1.99. The van der Waals surface area contributed by atoms with Crippen LogP contribution in [0.2, 0.25) is 0 Å². The van der Waals surface area contributed by atoms with Crippen molar-refractivity contribution in [2.24, 2.45) is 5.73 Å². The van der Waals surface area contributed by atoms with Crippen LogP contribution in [-0.2, 0) is 6.42 Å². The van der Waals surface area contributed by atoms with Crippen molar-refractivity contribution in [3.8, 4) is 0 Å². The molecule has 0 aromatic heterocycles. The molecule has 13 heavy (non-hydrogen) atoms. The summed E-state index contributed by atoms with van der Waals surface area (Å²) in [6.07, 6.45) is 1.76. The summed E-state index contributed by atoms with van der Waals surface area (Å²) in [5, 5.41) is 0. The van der Waals surface area contributed by atoms with Gasteiger partial charge in [0, 0.05) is 6.04 Å². The lowest BCUT2D eigenvalue weighted by Crippen LogP contribution is -2.15. The maximum absolute atomic E-state index is 12.9. The van der Waals surface area contributed by atoms with E-state index in [0.29, 0.717) is 0 Å². The fraction of sp³-hybridized carbons (Fsp3) is 0.455. The van der Waals surface area contributed by atoms with Gasteiger partial charge in [-0.15, -0.1) is 0 Å². The van der Waals surface area contributed by atoms with Gasteiger partial charge in [0.05, 0.1) is 0 Å². The summed E-state index contributed by atoms with van der Waals surface area (Å²) in [6.45, 7) is 3.87. The molecule has 0 bridgehead atoms. The quantitative estimate of drug-likeness (QED) is 0.761. The highest BCUT2D eigenvalue weighted by Gasteiger charge is 2.00. The SMILES string of the molecule is Cc1cc(F)cc(CCC(C)N)c1. The van der Waals surface area contributed by atoms with Crippen molar-refractivity contribution >= 4 is 0 Å². The van der Waals surface area contributed by atoms with Crippen LogP contribution in [0.5, 0.6) is 0 Å². The maximum Gasteiger partial charge on any atom is 0.123 e. The Morgan fingerprint density at radius 1 is 1.38 bits per heavy atom. The minimum Gasteiger partial charge on any atom is -0.328 e. The molecule has 1 rings (SSSR count). The molecule has 72 valence electrons. The molecule has 0 aliphatic carbocycles. The Balaban J connectivity index is 2.66. The standard InChI is InChI=1S/C11H16FN/c1-8-5-10(4-3-9(2)13)7-11(12)6-8/h5-7,9H,3-4,13H2,1-2H3. The van der Waals surface area contributed by atoms with Crippen LogP contribution in [0.25, 0.3) is 0 Å². The van der Waals surface area contributed by atoms with Crippen LogP contribution in [0.3, 0.4) is 0 Å². The zero-order valence-electron chi connectivity index (χ0n) is 8.18. The summed E-state index contributed by atoms with van der Waals surface area (Å²) in [6, 6.07) is 5.31. The lowest BCUT2D eigenvalue weighted by Gasteiger charge is -2.05. The Hall–Kier alpha value is -0.890. The van der Waals surface area contributed by atoms with Crippen LogP contribution in [0.4, 0.5) is 4.39 Å². The third-order valence-corrected chi connectivity index (χ3v) is 1.99. The largest absolute Gasteiger partial charge is 0.328 e. The molecule has 1 aromatic carbocycles. The highest BCUT2D eigenvalue weighted by Crippen LogP contribution is 2.10. The average molecular weight is 181 g/mol. The van der Waals surface area contributed by atoms with Gasteiger partial charge in [0.2, 0.25) is 0 Å². The van der Waals surface area contributed by atoms with E-state index < -0.39 is 0 Å². The predicted octanol–water partition coefficient (Wildman–Crippen LogP) is 2.41. The molecule has 0 saturated heterocycles. The van der Waals surface area contributed by atoms with Gasteiger partial charge in [-0.1, -0.05) is 6.07 Å². The zero-order chi connectivity index (χ0) is 9.84. The van der Waals surface area contributed by atoms with Crippen LogP contribution < -0.4 is 5.73 Å². The Bertz CT molecular complexity index is 261. The van der Waals surface area contributed by atoms with E-state index in [4.69, 9.17) is 5.73 Å². The molecule has 1 nitrogen and oxygen atoms in total. The Labute approximate surface area is 78.8 Å². The number of hydrogen-bond donors (Lipinski definition) is 1. The van der Waals surface area contributed by atoms with Gasteiger partial charge in [-0.05, 0) is 49.9 Å². The van der Waals surface area contributed by atoms with Crippen LogP contribution in [0.15, 0.2) is 18.2 Å². The molecule has 2 N–H and O–H groups in total. The van der Waals surface area contributed by atoms with E-state index in [-0.39, 0.29) is 11.9 Å². The smallest absolute Gasteiger partial charge is 0.123 e. The van der Waals surface area contributed by atoms with Gasteiger partial charge in [0.15, 0.2) is 0 Å². The molecule has 0 fully saturated rings. The molecule has 0 aliphatic heterocycles. The lowest BCUT2D eigenvalue weighted by molar-refractivity contribution is 0.618. The first-order valence-electron chi connectivity index (χ1n) is 4.59. The Kier molecular flexibility index (Phi) is 3.43. The molecular weight excluding hydrogens is 165 g/mol. The lowest BCUT2D eigenvalue weighted by atomic mass is 10.0. The summed E-state index contributed by atoms with van der Waals surface area (Å²) >= 11 is 0. The fourth-order valence-electron chi connectivity index (χ4n) is 1.35. The Morgan fingerprint density at radius 3 is 2.62 bits per heavy atom. The molecule has 1 atom stereocenters. The first-order chi connectivity index (χ1) is 6.08. The minimum atomic E-state index is -0.153. The van der Waals surface area contributed by atoms with Crippen molar-refractivity contribution in [1.29, 1.82) is 0 Å². The molecule has 1 aromatic rings. The van der Waals surface area contributed by atoms with Crippen molar-refractivity contribution in [3.63, 3.8) is 0 Å². The molecule has 0 spiro atoms. The number of hydrogen-bond acceptors (Lipinski definition) is 1. The van der Waals surface area contributed by atoms with E-state index in [1.807, 2.05) is 19.9 Å². The van der Waals surface area contributed by atoms with Crippen molar-refractivity contribution in [1.82, 2.24) is 0 Å². The van der Waals surface area contributed by atoms with Gasteiger partial charge in [-0.25, -0.2) is 4.39 Å². The van der Waals surface area contributed by atoms with Crippen molar-refractivity contribution < 1.29 is 4.39 Å². The second-order valence-electron chi connectivity index (χ2n) is 3.65. The van der Waals surface area contributed by atoms with Crippen LogP contribution in [-0.4, -0.2) is 6.04 Å². The van der Waals surface area contributed by atoms with E-state index in [9.17, 15) is 4.39 Å². The number of halogens is 1. The average Bonchev–Trinajstić information content (AvgIpc) is 1.99. The molecule has 0 amide bonds. The summed E-state index contributed by atoms with van der Waals surface area (Å²) in [7, 11) is 0. The molecule has 0 radical (unpaired) electrons. The van der Waals surface area contributed by atoms with Crippen LogP contribution in [0, 0.1) is 12.7 Å². The molecular formula is C11H16FN. The van der Waals surface area contributed by atoms with E-state index in [1.165, 1.54) is 6.07 Å². The third kappa shape index (κ3) is 3.55. The summed E-state index contributed by atoms with van der Waals surface area (Å²) in [5.41, 5.74) is 7.63. The fourth-order valence-corrected chi connectivity index (χ4v) is 1.35. The van der Waals surface area contributed by atoms with Gasteiger partial charge in [0.1, 0.15) is 5.82 Å². The number of aryl methyl sites for hydroxylation is 2. The van der Waals surface area contributed by atoms with E-state index in [2.05, 4.69) is 0 Å². The van der Waals surface area contributed by atoms with E-state index in [0.717, 1.165) is 24.0 Å². The minimum absolute atomic E-state index is 0.153. The van der Waals surface area contributed by atoms with Gasteiger partial charge in [0.25, 0.3) is 0 Å². The van der Waals surface area contributed by atoms with Gasteiger partial charge >= 0.3 is 0 Å². The predicted molar refractivity (Wildman–Crippen MR) is 53.1 cm³/mol. The van der Waals surface area contributed by atoms with Crippen LogP contribution in [0.1, 0.15) is 24.5 Å². The second kappa shape index (κ2) is 4.38. The maximum atomic E-state index is 12.9. The normalized spacial score (nSPS) is 12.9. The molecule has 0 heterocycles. The summed E-state index contributed by atoms with van der Waals surface area (Å²) in [4.78, 5) is 0. The topological polar surface area (TPSA) is 26.0 Å². The van der Waals surface area contributed by atoms with Crippen molar-refractivity contribution in [2.45, 2.75) is 32.7 Å².